The van der Waals surface area contributed by atoms with Crippen molar-refractivity contribution in [1.82, 2.24) is 14.7 Å². The van der Waals surface area contributed by atoms with Crippen LogP contribution in [0.2, 0.25) is 0 Å². The van der Waals surface area contributed by atoms with Gasteiger partial charge >= 0.3 is 0 Å². The lowest BCUT2D eigenvalue weighted by Gasteiger charge is -2.29. The standard InChI is InChI=1S/C26H35N3O3/c1-6-31-18-22(30)16-29(19(2)3)17-24-25(21-12-8-7-9-13-21)27-28(5)26(24)32-23-14-10-11-20(4)15-23/h7-15,19,22,30H,6,16-18H2,1-5H3. The van der Waals surface area contributed by atoms with Crippen molar-refractivity contribution >= 4 is 0 Å². The van der Waals surface area contributed by atoms with Crippen LogP contribution in [0, 0.1) is 6.92 Å². The number of ether oxygens (including phenoxy) is 2. The van der Waals surface area contributed by atoms with E-state index in [0.717, 1.165) is 28.1 Å². The Hall–Kier alpha value is -2.67. The van der Waals surface area contributed by atoms with E-state index in [9.17, 15) is 5.11 Å². The summed E-state index contributed by atoms with van der Waals surface area (Å²) < 4.78 is 13.6. The summed E-state index contributed by atoms with van der Waals surface area (Å²) in [5.74, 6) is 1.49. The second-order valence-electron chi connectivity index (χ2n) is 8.38. The highest BCUT2D eigenvalue weighted by Crippen LogP contribution is 2.34. The first-order valence-electron chi connectivity index (χ1n) is 11.2. The normalized spacial score (nSPS) is 12.5. The maximum Gasteiger partial charge on any atom is 0.222 e. The average molecular weight is 438 g/mol. The quantitative estimate of drug-likeness (QED) is 0.467. The summed E-state index contributed by atoms with van der Waals surface area (Å²) in [6, 6.07) is 18.4. The van der Waals surface area contributed by atoms with Crippen molar-refractivity contribution in [1.29, 1.82) is 0 Å². The van der Waals surface area contributed by atoms with Gasteiger partial charge in [-0.3, -0.25) is 4.90 Å². The van der Waals surface area contributed by atoms with Gasteiger partial charge < -0.3 is 14.6 Å². The average Bonchev–Trinajstić information content (AvgIpc) is 3.07. The van der Waals surface area contributed by atoms with Crippen LogP contribution in [0.3, 0.4) is 0 Å². The molecule has 6 nitrogen and oxygen atoms in total. The number of hydrogen-bond acceptors (Lipinski definition) is 5. The number of aliphatic hydroxyl groups is 1. The van der Waals surface area contributed by atoms with Gasteiger partial charge in [-0.15, -0.1) is 0 Å². The summed E-state index contributed by atoms with van der Waals surface area (Å²) in [5.41, 5.74) is 4.06. The van der Waals surface area contributed by atoms with Crippen LogP contribution >= 0.6 is 0 Å². The maximum absolute atomic E-state index is 10.5. The summed E-state index contributed by atoms with van der Waals surface area (Å²) in [7, 11) is 1.91. The lowest BCUT2D eigenvalue weighted by atomic mass is 10.1. The fourth-order valence-corrected chi connectivity index (χ4v) is 3.68. The van der Waals surface area contributed by atoms with Gasteiger partial charge in [-0.1, -0.05) is 42.5 Å². The summed E-state index contributed by atoms with van der Waals surface area (Å²) in [4.78, 5) is 2.23. The Morgan fingerprint density at radius 2 is 1.84 bits per heavy atom. The molecule has 2 aromatic carbocycles. The molecule has 0 aliphatic heterocycles. The largest absolute Gasteiger partial charge is 0.439 e. The van der Waals surface area contributed by atoms with E-state index in [-0.39, 0.29) is 6.04 Å². The number of aromatic nitrogens is 2. The third-order valence-corrected chi connectivity index (χ3v) is 5.39. The predicted molar refractivity (Wildman–Crippen MR) is 128 cm³/mol. The Morgan fingerprint density at radius 1 is 1.09 bits per heavy atom. The Bertz CT molecular complexity index is 985. The molecule has 1 N–H and O–H groups in total. The van der Waals surface area contributed by atoms with E-state index in [2.05, 4.69) is 30.9 Å². The molecule has 1 heterocycles. The molecule has 1 unspecified atom stereocenters. The summed E-state index contributed by atoms with van der Waals surface area (Å²) in [5, 5.41) is 15.3. The minimum Gasteiger partial charge on any atom is -0.439 e. The number of nitrogens with zero attached hydrogens (tertiary/aromatic N) is 3. The van der Waals surface area contributed by atoms with E-state index in [0.29, 0.717) is 32.2 Å². The van der Waals surface area contributed by atoms with Crippen LogP contribution in [-0.2, 0) is 18.3 Å². The van der Waals surface area contributed by atoms with Gasteiger partial charge in [0.25, 0.3) is 0 Å². The van der Waals surface area contributed by atoms with Crippen molar-refractivity contribution in [3.05, 3.63) is 65.7 Å². The van der Waals surface area contributed by atoms with Gasteiger partial charge in [-0.2, -0.15) is 5.10 Å². The van der Waals surface area contributed by atoms with Gasteiger partial charge in [-0.25, -0.2) is 4.68 Å². The van der Waals surface area contributed by atoms with Crippen LogP contribution in [0.4, 0.5) is 0 Å². The molecule has 0 spiro atoms. The zero-order valence-electron chi connectivity index (χ0n) is 19.8. The van der Waals surface area contributed by atoms with Crippen LogP contribution in [0.15, 0.2) is 54.6 Å². The van der Waals surface area contributed by atoms with Crippen LogP contribution in [0.1, 0.15) is 31.9 Å². The number of hydrogen-bond donors (Lipinski definition) is 1. The van der Waals surface area contributed by atoms with E-state index in [1.165, 1.54) is 0 Å². The van der Waals surface area contributed by atoms with Crippen LogP contribution < -0.4 is 4.74 Å². The molecule has 0 saturated carbocycles. The van der Waals surface area contributed by atoms with Crippen LogP contribution in [-0.4, -0.2) is 51.7 Å². The number of aliphatic hydroxyl groups excluding tert-OH is 1. The highest BCUT2D eigenvalue weighted by molar-refractivity contribution is 5.65. The van der Waals surface area contributed by atoms with Crippen LogP contribution in [0.25, 0.3) is 11.3 Å². The lowest BCUT2D eigenvalue weighted by molar-refractivity contribution is 0.0132. The van der Waals surface area contributed by atoms with Crippen molar-refractivity contribution < 1.29 is 14.6 Å². The van der Waals surface area contributed by atoms with E-state index in [1.54, 1.807) is 4.68 Å². The summed E-state index contributed by atoms with van der Waals surface area (Å²) in [6.45, 7) is 10.3. The maximum atomic E-state index is 10.5. The van der Waals surface area contributed by atoms with E-state index < -0.39 is 6.10 Å². The minimum absolute atomic E-state index is 0.224. The molecule has 1 atom stereocenters. The fourth-order valence-electron chi connectivity index (χ4n) is 3.68. The van der Waals surface area contributed by atoms with E-state index in [1.807, 2.05) is 63.4 Å². The predicted octanol–water partition coefficient (Wildman–Crippen LogP) is 4.80. The Morgan fingerprint density at radius 3 is 2.50 bits per heavy atom. The monoisotopic (exact) mass is 437 g/mol. The van der Waals surface area contributed by atoms with Crippen molar-refractivity contribution in [2.45, 2.75) is 46.4 Å². The van der Waals surface area contributed by atoms with Gasteiger partial charge in [0.15, 0.2) is 0 Å². The number of rotatable bonds is 11. The molecular weight excluding hydrogens is 402 g/mol. The molecule has 172 valence electrons. The number of aryl methyl sites for hydroxylation is 2. The van der Waals surface area contributed by atoms with Gasteiger partial charge in [0.05, 0.1) is 18.3 Å². The van der Waals surface area contributed by atoms with E-state index >= 15 is 0 Å². The lowest BCUT2D eigenvalue weighted by Crippen LogP contribution is -2.39. The third kappa shape index (κ3) is 6.19. The molecule has 0 fully saturated rings. The second-order valence-corrected chi connectivity index (χ2v) is 8.38. The Labute approximate surface area is 191 Å². The molecule has 0 bridgehead atoms. The highest BCUT2D eigenvalue weighted by Gasteiger charge is 2.24. The summed E-state index contributed by atoms with van der Waals surface area (Å²) >= 11 is 0. The topological polar surface area (TPSA) is 59.8 Å². The first kappa shape index (κ1) is 24.0. The zero-order valence-corrected chi connectivity index (χ0v) is 19.8. The molecule has 0 saturated heterocycles. The SMILES string of the molecule is CCOCC(O)CN(Cc1c(-c2ccccc2)nn(C)c1Oc1cccc(C)c1)C(C)C. The van der Waals surface area contributed by atoms with Crippen molar-refractivity contribution in [2.75, 3.05) is 19.8 Å². The van der Waals surface area contributed by atoms with Crippen molar-refractivity contribution in [3.63, 3.8) is 0 Å². The highest BCUT2D eigenvalue weighted by atomic mass is 16.5. The van der Waals surface area contributed by atoms with Gasteiger partial charge in [0.1, 0.15) is 11.4 Å². The fraction of sp³-hybridized carbons (Fsp3) is 0.423. The molecule has 1 aromatic heterocycles. The van der Waals surface area contributed by atoms with Gasteiger partial charge in [0.2, 0.25) is 5.88 Å². The molecule has 32 heavy (non-hydrogen) atoms. The van der Waals surface area contributed by atoms with Crippen molar-refractivity contribution in [2.24, 2.45) is 7.05 Å². The third-order valence-electron chi connectivity index (χ3n) is 5.39. The van der Waals surface area contributed by atoms with Crippen LogP contribution in [0.5, 0.6) is 11.6 Å². The van der Waals surface area contributed by atoms with Crippen molar-refractivity contribution in [3.8, 4) is 22.9 Å². The minimum atomic E-state index is -0.560. The van der Waals surface area contributed by atoms with E-state index in [4.69, 9.17) is 14.6 Å². The zero-order chi connectivity index (χ0) is 23.1. The smallest absolute Gasteiger partial charge is 0.222 e. The number of benzene rings is 2. The molecule has 0 amide bonds. The molecule has 0 radical (unpaired) electrons. The first-order chi connectivity index (χ1) is 15.4. The molecule has 0 aliphatic rings. The second kappa shape index (κ2) is 11.3. The molecule has 3 rings (SSSR count). The molecular formula is C26H35N3O3. The first-order valence-corrected chi connectivity index (χ1v) is 11.2. The molecule has 3 aromatic rings. The Kier molecular flexibility index (Phi) is 8.45. The molecule has 0 aliphatic carbocycles. The Balaban J connectivity index is 1.98. The van der Waals surface area contributed by atoms with Gasteiger partial charge in [0, 0.05) is 38.3 Å². The molecule has 6 heteroatoms. The summed E-state index contributed by atoms with van der Waals surface area (Å²) in [6.07, 6.45) is -0.560. The van der Waals surface area contributed by atoms with Gasteiger partial charge in [-0.05, 0) is 45.4 Å².